The van der Waals surface area contributed by atoms with Crippen molar-refractivity contribution in [2.75, 3.05) is 21.3 Å². The molecule has 2 aromatic carbocycles. The summed E-state index contributed by atoms with van der Waals surface area (Å²) < 4.78 is 15.8. The highest BCUT2D eigenvalue weighted by Crippen LogP contribution is 2.42. The Balaban J connectivity index is 2.67. The van der Waals surface area contributed by atoms with Gasteiger partial charge in [-0.25, -0.2) is 4.79 Å². The lowest BCUT2D eigenvalue weighted by molar-refractivity contribution is -0.130. The van der Waals surface area contributed by atoms with Crippen LogP contribution in [0.5, 0.6) is 23.0 Å². The van der Waals surface area contributed by atoms with E-state index < -0.39 is 5.97 Å². The SMILES string of the molecule is COc1ccc(/C(=C/c2cccc(O)c2)C(=O)O)c(OC)c1OC. The van der Waals surface area contributed by atoms with Crippen LogP contribution in [0.25, 0.3) is 11.6 Å². The smallest absolute Gasteiger partial charge is 0.336 e. The van der Waals surface area contributed by atoms with Crippen LogP contribution in [0.4, 0.5) is 0 Å². The quantitative estimate of drug-likeness (QED) is 0.625. The van der Waals surface area contributed by atoms with Crippen molar-refractivity contribution in [3.8, 4) is 23.0 Å². The molecular weight excluding hydrogens is 312 g/mol. The highest BCUT2D eigenvalue weighted by Gasteiger charge is 2.22. The van der Waals surface area contributed by atoms with E-state index in [1.54, 1.807) is 24.3 Å². The van der Waals surface area contributed by atoms with Crippen LogP contribution in [0, 0.1) is 0 Å². The molecule has 6 heteroatoms. The highest BCUT2D eigenvalue weighted by atomic mass is 16.5. The molecule has 0 fully saturated rings. The molecule has 0 atom stereocenters. The molecule has 0 heterocycles. The van der Waals surface area contributed by atoms with Crippen LogP contribution in [0.1, 0.15) is 11.1 Å². The molecule has 2 N–H and O–H groups in total. The topological polar surface area (TPSA) is 85.2 Å². The summed E-state index contributed by atoms with van der Waals surface area (Å²) in [6.07, 6.45) is 1.45. The molecule has 24 heavy (non-hydrogen) atoms. The summed E-state index contributed by atoms with van der Waals surface area (Å²) in [5.41, 5.74) is 0.883. The van der Waals surface area contributed by atoms with Gasteiger partial charge in [0.2, 0.25) is 5.75 Å². The zero-order chi connectivity index (χ0) is 17.7. The van der Waals surface area contributed by atoms with Gasteiger partial charge in [0.1, 0.15) is 5.75 Å². The fraction of sp³-hybridized carbons (Fsp3) is 0.167. The third-order valence-corrected chi connectivity index (χ3v) is 3.41. The van der Waals surface area contributed by atoms with Crippen LogP contribution >= 0.6 is 0 Å². The molecule has 0 bridgehead atoms. The molecule has 0 aliphatic heterocycles. The minimum absolute atomic E-state index is 0.00148. The standard InChI is InChI=1S/C18H18O6/c1-22-15-8-7-13(16(23-2)17(15)24-3)14(18(20)21)10-11-5-4-6-12(19)9-11/h4-10,19H,1-3H3,(H,20,21)/b14-10-. The number of hydrogen-bond donors (Lipinski definition) is 2. The molecule has 0 aromatic heterocycles. The van der Waals surface area contributed by atoms with Gasteiger partial charge in [-0.15, -0.1) is 0 Å². The molecule has 126 valence electrons. The maximum atomic E-state index is 11.8. The monoisotopic (exact) mass is 330 g/mol. The summed E-state index contributed by atoms with van der Waals surface area (Å²) in [7, 11) is 4.36. The van der Waals surface area contributed by atoms with Gasteiger partial charge in [-0.2, -0.15) is 0 Å². The second-order valence-electron chi connectivity index (χ2n) is 4.84. The van der Waals surface area contributed by atoms with Crippen LogP contribution in [0.15, 0.2) is 36.4 Å². The predicted octanol–water partition coefficient (Wildman–Crippen LogP) is 3.04. The number of carbonyl (C=O) groups is 1. The molecule has 0 aliphatic rings. The van der Waals surface area contributed by atoms with Crippen LogP contribution in [0.3, 0.4) is 0 Å². The summed E-state index contributed by atoms with van der Waals surface area (Å²) in [4.78, 5) is 11.8. The molecule has 0 unspecified atom stereocenters. The number of phenols is 1. The second kappa shape index (κ2) is 7.41. The van der Waals surface area contributed by atoms with E-state index in [0.717, 1.165) is 0 Å². The second-order valence-corrected chi connectivity index (χ2v) is 4.84. The minimum Gasteiger partial charge on any atom is -0.508 e. The van der Waals surface area contributed by atoms with Crippen molar-refractivity contribution < 1.29 is 29.2 Å². The summed E-state index contributed by atoms with van der Waals surface area (Å²) in [5.74, 6) is -0.0944. The first-order valence-corrected chi connectivity index (χ1v) is 7.05. The van der Waals surface area contributed by atoms with E-state index in [1.807, 2.05) is 0 Å². The lowest BCUT2D eigenvalue weighted by Gasteiger charge is -2.16. The number of aromatic hydroxyl groups is 1. The molecule has 0 saturated carbocycles. The number of phenolic OH excluding ortho intramolecular Hbond substituents is 1. The lowest BCUT2D eigenvalue weighted by atomic mass is 10.0. The average molecular weight is 330 g/mol. The van der Waals surface area contributed by atoms with E-state index in [1.165, 1.54) is 39.5 Å². The zero-order valence-corrected chi connectivity index (χ0v) is 13.6. The third-order valence-electron chi connectivity index (χ3n) is 3.41. The molecule has 0 amide bonds. The summed E-state index contributed by atoms with van der Waals surface area (Å²) in [5, 5.41) is 19.2. The number of carboxylic acids is 1. The first kappa shape index (κ1) is 17.2. The number of methoxy groups -OCH3 is 3. The van der Waals surface area contributed by atoms with Crippen LogP contribution < -0.4 is 14.2 Å². The van der Waals surface area contributed by atoms with E-state index >= 15 is 0 Å². The first-order valence-electron chi connectivity index (χ1n) is 7.05. The molecule has 0 aliphatic carbocycles. The largest absolute Gasteiger partial charge is 0.508 e. The van der Waals surface area contributed by atoms with Crippen molar-refractivity contribution in [2.45, 2.75) is 0 Å². The van der Waals surface area contributed by atoms with Gasteiger partial charge >= 0.3 is 5.97 Å². The number of hydrogen-bond acceptors (Lipinski definition) is 5. The molecule has 2 aromatic rings. The van der Waals surface area contributed by atoms with Crippen molar-refractivity contribution in [1.29, 1.82) is 0 Å². The van der Waals surface area contributed by atoms with Crippen molar-refractivity contribution in [3.05, 3.63) is 47.5 Å². The Morgan fingerprint density at radius 1 is 1.00 bits per heavy atom. The van der Waals surface area contributed by atoms with Crippen LogP contribution in [-0.2, 0) is 4.79 Å². The number of aliphatic carboxylic acids is 1. The average Bonchev–Trinajstić information content (AvgIpc) is 2.58. The highest BCUT2D eigenvalue weighted by molar-refractivity contribution is 6.21. The van der Waals surface area contributed by atoms with E-state index in [2.05, 4.69) is 0 Å². The van der Waals surface area contributed by atoms with Crippen LogP contribution in [0.2, 0.25) is 0 Å². The number of rotatable bonds is 6. The molecule has 2 rings (SSSR count). The van der Waals surface area contributed by atoms with Crippen molar-refractivity contribution in [3.63, 3.8) is 0 Å². The molecule has 0 radical (unpaired) electrons. The third kappa shape index (κ3) is 3.43. The van der Waals surface area contributed by atoms with Crippen molar-refractivity contribution in [1.82, 2.24) is 0 Å². The zero-order valence-electron chi connectivity index (χ0n) is 13.6. The van der Waals surface area contributed by atoms with Gasteiger partial charge in [0.15, 0.2) is 11.5 Å². The fourth-order valence-corrected chi connectivity index (χ4v) is 2.35. The van der Waals surface area contributed by atoms with Gasteiger partial charge in [-0.1, -0.05) is 12.1 Å². The van der Waals surface area contributed by atoms with Gasteiger partial charge in [0.25, 0.3) is 0 Å². The van der Waals surface area contributed by atoms with Gasteiger partial charge < -0.3 is 24.4 Å². The van der Waals surface area contributed by atoms with Crippen molar-refractivity contribution in [2.24, 2.45) is 0 Å². The van der Waals surface area contributed by atoms with E-state index in [9.17, 15) is 15.0 Å². The Labute approximate surface area is 139 Å². The van der Waals surface area contributed by atoms with Crippen molar-refractivity contribution >= 4 is 17.6 Å². The first-order chi connectivity index (χ1) is 11.5. The number of carboxylic acid groups (broad SMARTS) is 1. The predicted molar refractivity (Wildman–Crippen MR) is 89.7 cm³/mol. The van der Waals surface area contributed by atoms with Gasteiger partial charge in [0.05, 0.1) is 26.9 Å². The number of benzene rings is 2. The molecule has 6 nitrogen and oxygen atoms in total. The van der Waals surface area contributed by atoms with Crippen LogP contribution in [-0.4, -0.2) is 37.5 Å². The lowest BCUT2D eigenvalue weighted by Crippen LogP contribution is -2.04. The minimum atomic E-state index is -1.14. The van der Waals surface area contributed by atoms with E-state index in [4.69, 9.17) is 14.2 Å². The fourth-order valence-electron chi connectivity index (χ4n) is 2.35. The Morgan fingerprint density at radius 3 is 2.25 bits per heavy atom. The molecule has 0 saturated heterocycles. The maximum absolute atomic E-state index is 11.8. The van der Waals surface area contributed by atoms with Gasteiger partial charge in [-0.05, 0) is 35.9 Å². The normalized spacial score (nSPS) is 11.0. The Kier molecular flexibility index (Phi) is 5.31. The molecule has 0 spiro atoms. The maximum Gasteiger partial charge on any atom is 0.336 e. The summed E-state index contributed by atoms with van der Waals surface area (Å²) >= 11 is 0. The van der Waals surface area contributed by atoms with Gasteiger partial charge in [-0.3, -0.25) is 0 Å². The Morgan fingerprint density at radius 2 is 1.71 bits per heavy atom. The Bertz CT molecular complexity index is 779. The van der Waals surface area contributed by atoms with Gasteiger partial charge in [0, 0.05) is 5.56 Å². The molecular formula is C18H18O6. The number of ether oxygens (including phenoxy) is 3. The Hall–Kier alpha value is -3.15. The summed E-state index contributed by atoms with van der Waals surface area (Å²) in [6, 6.07) is 9.49. The van der Waals surface area contributed by atoms with E-state index in [-0.39, 0.29) is 17.1 Å². The summed E-state index contributed by atoms with van der Waals surface area (Å²) in [6.45, 7) is 0. The van der Waals surface area contributed by atoms with E-state index in [0.29, 0.717) is 22.6 Å².